The average molecular weight is 278 g/mol. The van der Waals surface area contributed by atoms with E-state index in [1.807, 2.05) is 7.05 Å². The van der Waals surface area contributed by atoms with Crippen molar-refractivity contribution in [3.05, 3.63) is 29.8 Å². The second-order valence-electron chi connectivity index (χ2n) is 4.77. The van der Waals surface area contributed by atoms with E-state index in [4.69, 9.17) is 9.84 Å². The van der Waals surface area contributed by atoms with Crippen LogP contribution < -0.4 is 4.74 Å². The predicted octanol–water partition coefficient (Wildman–Crippen LogP) is 0.538. The quantitative estimate of drug-likeness (QED) is 0.870. The molecule has 20 heavy (non-hydrogen) atoms. The molecular weight excluding hydrogens is 260 g/mol. The Morgan fingerprint density at radius 1 is 1.20 bits per heavy atom. The normalized spacial score (nSPS) is 15.9. The Kier molecular flexibility index (Phi) is 4.57. The zero-order valence-corrected chi connectivity index (χ0v) is 11.4. The molecule has 0 aliphatic carbocycles. The van der Waals surface area contributed by atoms with Crippen LogP contribution in [0.3, 0.4) is 0 Å². The highest BCUT2D eigenvalue weighted by Crippen LogP contribution is 2.17. The molecule has 0 radical (unpaired) electrons. The number of carbonyl (C=O) groups is 2. The van der Waals surface area contributed by atoms with Gasteiger partial charge in [0.1, 0.15) is 11.3 Å². The van der Waals surface area contributed by atoms with Gasteiger partial charge in [-0.15, -0.1) is 0 Å². The van der Waals surface area contributed by atoms with E-state index in [1.165, 1.54) is 6.07 Å². The zero-order valence-electron chi connectivity index (χ0n) is 11.4. The van der Waals surface area contributed by atoms with Crippen LogP contribution in [0.4, 0.5) is 0 Å². The van der Waals surface area contributed by atoms with Crippen LogP contribution in [0.5, 0.6) is 5.75 Å². The molecule has 1 aliphatic heterocycles. The van der Waals surface area contributed by atoms with Gasteiger partial charge in [0.05, 0.1) is 0 Å². The fourth-order valence-electron chi connectivity index (χ4n) is 2.06. The summed E-state index contributed by atoms with van der Waals surface area (Å²) >= 11 is 0. The number of amides is 1. The van der Waals surface area contributed by atoms with Crippen molar-refractivity contribution in [3.8, 4) is 5.75 Å². The van der Waals surface area contributed by atoms with Gasteiger partial charge >= 0.3 is 5.97 Å². The van der Waals surface area contributed by atoms with Crippen LogP contribution in [0, 0.1) is 0 Å². The summed E-state index contributed by atoms with van der Waals surface area (Å²) in [5, 5.41) is 9.03. The van der Waals surface area contributed by atoms with Crippen molar-refractivity contribution >= 4 is 11.9 Å². The number of carboxylic acids is 1. The number of carboxylic acid groups (broad SMARTS) is 1. The number of aromatic carboxylic acids is 1. The number of ether oxygens (including phenoxy) is 1. The summed E-state index contributed by atoms with van der Waals surface area (Å²) in [7, 11) is 2.02. The van der Waals surface area contributed by atoms with Gasteiger partial charge in [0.25, 0.3) is 5.91 Å². The molecule has 0 aromatic heterocycles. The van der Waals surface area contributed by atoms with Crippen molar-refractivity contribution in [1.82, 2.24) is 9.80 Å². The Morgan fingerprint density at radius 3 is 2.50 bits per heavy atom. The number of hydrogen-bond acceptors (Lipinski definition) is 4. The van der Waals surface area contributed by atoms with Gasteiger partial charge in [0.15, 0.2) is 6.61 Å². The van der Waals surface area contributed by atoms with E-state index in [-0.39, 0.29) is 23.8 Å². The number of para-hydroxylation sites is 1. The molecule has 108 valence electrons. The first-order valence-electron chi connectivity index (χ1n) is 6.49. The number of piperazine rings is 1. The number of rotatable bonds is 4. The maximum Gasteiger partial charge on any atom is 0.339 e. The second-order valence-corrected chi connectivity index (χ2v) is 4.77. The SMILES string of the molecule is CN1CCN(C(=O)COc2ccccc2C(=O)O)CC1. The van der Waals surface area contributed by atoms with Crippen molar-refractivity contribution < 1.29 is 19.4 Å². The number of benzene rings is 1. The lowest BCUT2D eigenvalue weighted by molar-refractivity contribution is -0.134. The highest BCUT2D eigenvalue weighted by atomic mass is 16.5. The van der Waals surface area contributed by atoms with Gasteiger partial charge in [-0.25, -0.2) is 4.79 Å². The van der Waals surface area contributed by atoms with Crippen LogP contribution in [0.2, 0.25) is 0 Å². The maximum atomic E-state index is 12.0. The van der Waals surface area contributed by atoms with Crippen molar-refractivity contribution in [2.45, 2.75) is 0 Å². The first-order chi connectivity index (χ1) is 9.58. The van der Waals surface area contributed by atoms with Gasteiger partial charge in [-0.05, 0) is 19.2 Å². The molecule has 0 bridgehead atoms. The van der Waals surface area contributed by atoms with Gasteiger partial charge in [0.2, 0.25) is 0 Å². The van der Waals surface area contributed by atoms with Gasteiger partial charge in [-0.3, -0.25) is 4.79 Å². The minimum atomic E-state index is -1.06. The fourth-order valence-corrected chi connectivity index (χ4v) is 2.06. The lowest BCUT2D eigenvalue weighted by Gasteiger charge is -2.32. The van der Waals surface area contributed by atoms with E-state index < -0.39 is 5.97 Å². The summed E-state index contributed by atoms with van der Waals surface area (Å²) < 4.78 is 5.35. The van der Waals surface area contributed by atoms with Crippen LogP contribution in [0.15, 0.2) is 24.3 Å². The average Bonchev–Trinajstić information content (AvgIpc) is 2.45. The van der Waals surface area contributed by atoms with Gasteiger partial charge in [-0.1, -0.05) is 12.1 Å². The second kappa shape index (κ2) is 6.38. The highest BCUT2D eigenvalue weighted by molar-refractivity contribution is 5.91. The monoisotopic (exact) mass is 278 g/mol. The van der Waals surface area contributed by atoms with Crippen LogP contribution in [0.1, 0.15) is 10.4 Å². The number of nitrogens with zero attached hydrogens (tertiary/aromatic N) is 2. The van der Waals surface area contributed by atoms with Crippen molar-refractivity contribution in [3.63, 3.8) is 0 Å². The summed E-state index contributed by atoms with van der Waals surface area (Å²) in [6, 6.07) is 6.32. The summed E-state index contributed by atoms with van der Waals surface area (Å²) in [5.41, 5.74) is 0.0682. The molecule has 1 aliphatic rings. The molecule has 0 saturated carbocycles. The van der Waals surface area contributed by atoms with Gasteiger partial charge in [0, 0.05) is 26.2 Å². The molecule has 1 saturated heterocycles. The molecule has 1 amide bonds. The molecule has 1 fully saturated rings. The standard InChI is InChI=1S/C14H18N2O4/c1-15-6-8-16(9-7-15)13(17)10-20-12-5-3-2-4-11(12)14(18)19/h2-5H,6-10H2,1H3,(H,18,19). The van der Waals surface area contributed by atoms with Crippen molar-refractivity contribution in [2.24, 2.45) is 0 Å². The summed E-state index contributed by atoms with van der Waals surface area (Å²) in [5.74, 6) is -0.951. The topological polar surface area (TPSA) is 70.1 Å². The van der Waals surface area contributed by atoms with Gasteiger partial charge in [-0.2, -0.15) is 0 Å². The Bertz CT molecular complexity index is 496. The zero-order chi connectivity index (χ0) is 14.5. The fraction of sp³-hybridized carbons (Fsp3) is 0.429. The Labute approximate surface area is 117 Å². The lowest BCUT2D eigenvalue weighted by atomic mass is 10.2. The maximum absolute atomic E-state index is 12.0. The Hall–Kier alpha value is -2.08. The third-order valence-corrected chi connectivity index (χ3v) is 3.32. The Balaban J connectivity index is 1.92. The molecule has 2 rings (SSSR count). The smallest absolute Gasteiger partial charge is 0.339 e. The number of carbonyl (C=O) groups excluding carboxylic acids is 1. The first kappa shape index (κ1) is 14.3. The minimum Gasteiger partial charge on any atom is -0.483 e. The summed E-state index contributed by atoms with van der Waals surface area (Å²) in [6.45, 7) is 2.92. The summed E-state index contributed by atoms with van der Waals surface area (Å²) in [6.07, 6.45) is 0. The molecule has 1 N–H and O–H groups in total. The van der Waals surface area contributed by atoms with Gasteiger partial charge < -0.3 is 19.6 Å². The molecule has 6 nitrogen and oxygen atoms in total. The van der Waals surface area contributed by atoms with E-state index in [0.29, 0.717) is 13.1 Å². The highest BCUT2D eigenvalue weighted by Gasteiger charge is 2.20. The molecule has 0 spiro atoms. The van der Waals surface area contributed by atoms with Crippen molar-refractivity contribution in [2.75, 3.05) is 39.8 Å². The lowest BCUT2D eigenvalue weighted by Crippen LogP contribution is -2.48. The van der Waals surface area contributed by atoms with Crippen LogP contribution >= 0.6 is 0 Å². The third kappa shape index (κ3) is 3.48. The van der Waals surface area contributed by atoms with Crippen LogP contribution in [-0.2, 0) is 4.79 Å². The molecule has 0 unspecified atom stereocenters. The largest absolute Gasteiger partial charge is 0.483 e. The van der Waals surface area contributed by atoms with Crippen LogP contribution in [-0.4, -0.2) is 66.6 Å². The minimum absolute atomic E-state index is 0.0682. The van der Waals surface area contributed by atoms with E-state index in [2.05, 4.69) is 4.90 Å². The summed E-state index contributed by atoms with van der Waals surface area (Å²) in [4.78, 5) is 26.9. The predicted molar refractivity (Wildman–Crippen MR) is 73.0 cm³/mol. The number of likely N-dealkylation sites (N-methyl/N-ethyl adjacent to an activating group) is 1. The molecule has 1 aromatic carbocycles. The van der Waals surface area contributed by atoms with E-state index >= 15 is 0 Å². The van der Waals surface area contributed by atoms with E-state index in [0.717, 1.165) is 13.1 Å². The first-order valence-corrected chi connectivity index (χ1v) is 6.49. The van der Waals surface area contributed by atoms with E-state index in [9.17, 15) is 9.59 Å². The number of hydrogen-bond donors (Lipinski definition) is 1. The van der Waals surface area contributed by atoms with Crippen molar-refractivity contribution in [1.29, 1.82) is 0 Å². The Morgan fingerprint density at radius 2 is 1.85 bits per heavy atom. The molecule has 0 atom stereocenters. The molecule has 1 aromatic rings. The van der Waals surface area contributed by atoms with Crippen LogP contribution in [0.25, 0.3) is 0 Å². The molecule has 1 heterocycles. The molecular formula is C14H18N2O4. The third-order valence-electron chi connectivity index (χ3n) is 3.32. The molecule has 6 heteroatoms. The van der Waals surface area contributed by atoms with E-state index in [1.54, 1.807) is 23.1 Å².